The van der Waals surface area contributed by atoms with Crippen LogP contribution in [0.1, 0.15) is 43.7 Å². The average molecular weight is 275 g/mol. The highest BCUT2D eigenvalue weighted by Crippen LogP contribution is 2.49. The lowest BCUT2D eigenvalue weighted by Gasteiger charge is -2.28. The van der Waals surface area contributed by atoms with Crippen molar-refractivity contribution in [1.29, 1.82) is 0 Å². The van der Waals surface area contributed by atoms with E-state index in [9.17, 15) is 4.79 Å². The van der Waals surface area contributed by atoms with Crippen LogP contribution < -0.4 is 9.47 Å². The molecule has 0 atom stereocenters. The molecule has 0 aliphatic heterocycles. The van der Waals surface area contributed by atoms with Crippen molar-refractivity contribution in [2.24, 2.45) is 4.99 Å². The molecule has 4 heteroatoms. The Morgan fingerprint density at radius 2 is 1.80 bits per heavy atom. The second-order valence-electron chi connectivity index (χ2n) is 5.12. The summed E-state index contributed by atoms with van der Waals surface area (Å²) in [5.41, 5.74) is 1.59. The molecule has 4 nitrogen and oxygen atoms in total. The third kappa shape index (κ3) is 2.32. The second kappa shape index (κ2) is 6.10. The van der Waals surface area contributed by atoms with Crippen molar-refractivity contribution in [3.05, 3.63) is 23.3 Å². The molecule has 0 radical (unpaired) electrons. The maximum Gasteiger partial charge on any atom is 0.235 e. The number of ether oxygens (including phenoxy) is 2. The lowest BCUT2D eigenvalue weighted by Crippen LogP contribution is -2.22. The molecule has 20 heavy (non-hydrogen) atoms. The number of carbonyl (C=O) groups excluding carboxylic acids is 1. The number of hydrogen-bond donors (Lipinski definition) is 0. The van der Waals surface area contributed by atoms with Crippen molar-refractivity contribution >= 4 is 6.08 Å². The fourth-order valence-corrected chi connectivity index (χ4v) is 3.29. The van der Waals surface area contributed by atoms with Crippen LogP contribution in [0.2, 0.25) is 0 Å². The molecule has 1 saturated carbocycles. The lowest BCUT2D eigenvalue weighted by molar-refractivity contribution is 0.367. The van der Waals surface area contributed by atoms with E-state index in [4.69, 9.17) is 9.47 Å². The minimum atomic E-state index is -0.493. The summed E-state index contributed by atoms with van der Waals surface area (Å²) in [6.45, 7) is 2.08. The Morgan fingerprint density at radius 3 is 2.30 bits per heavy atom. The Morgan fingerprint density at radius 1 is 1.20 bits per heavy atom. The number of hydrogen-bond acceptors (Lipinski definition) is 4. The topological polar surface area (TPSA) is 47.9 Å². The van der Waals surface area contributed by atoms with E-state index >= 15 is 0 Å². The maximum atomic E-state index is 10.9. The third-order valence-corrected chi connectivity index (χ3v) is 4.18. The van der Waals surface area contributed by atoms with E-state index in [0.717, 1.165) is 54.7 Å². The first-order valence-corrected chi connectivity index (χ1v) is 7.05. The van der Waals surface area contributed by atoms with Gasteiger partial charge in [-0.3, -0.25) is 0 Å². The lowest BCUT2D eigenvalue weighted by atomic mass is 9.83. The van der Waals surface area contributed by atoms with Crippen LogP contribution in [0.5, 0.6) is 11.5 Å². The summed E-state index contributed by atoms with van der Waals surface area (Å²) in [5, 5.41) is 0. The van der Waals surface area contributed by atoms with Gasteiger partial charge in [0, 0.05) is 11.1 Å². The van der Waals surface area contributed by atoms with E-state index in [1.165, 1.54) is 0 Å². The molecule has 0 amide bonds. The predicted molar refractivity (Wildman–Crippen MR) is 77.2 cm³/mol. The highest BCUT2D eigenvalue weighted by molar-refractivity contribution is 5.54. The van der Waals surface area contributed by atoms with E-state index in [1.807, 2.05) is 12.1 Å². The molecule has 0 saturated heterocycles. The Bertz CT molecular complexity index is 527. The van der Waals surface area contributed by atoms with E-state index in [2.05, 4.69) is 11.9 Å². The standard InChI is InChI=1S/C16H21NO3/c1-4-12-13(19-2)7-8-14(20-3)15(12)16(17-11-18)9-5-6-10-16/h7-8H,4-6,9-10H2,1-3H3. The van der Waals surface area contributed by atoms with Gasteiger partial charge in [-0.2, -0.15) is 4.99 Å². The minimum Gasteiger partial charge on any atom is -0.496 e. The minimum absolute atomic E-state index is 0.493. The molecule has 0 spiro atoms. The molecule has 1 aliphatic carbocycles. The van der Waals surface area contributed by atoms with Crippen LogP contribution in [0, 0.1) is 0 Å². The molecule has 1 aromatic carbocycles. The molecule has 0 heterocycles. The molecule has 2 rings (SSSR count). The quantitative estimate of drug-likeness (QED) is 0.611. The second-order valence-corrected chi connectivity index (χ2v) is 5.12. The third-order valence-electron chi connectivity index (χ3n) is 4.18. The van der Waals surface area contributed by atoms with Crippen LogP contribution in [0.4, 0.5) is 0 Å². The van der Waals surface area contributed by atoms with Crippen LogP contribution in [0.15, 0.2) is 17.1 Å². The van der Waals surface area contributed by atoms with Gasteiger partial charge in [0.25, 0.3) is 0 Å². The van der Waals surface area contributed by atoms with Gasteiger partial charge in [0.15, 0.2) is 0 Å². The van der Waals surface area contributed by atoms with Gasteiger partial charge >= 0.3 is 0 Å². The normalized spacial score (nSPS) is 16.6. The fourth-order valence-electron chi connectivity index (χ4n) is 3.29. The van der Waals surface area contributed by atoms with Crippen LogP contribution in [-0.2, 0) is 16.8 Å². The summed E-state index contributed by atoms with van der Waals surface area (Å²) in [7, 11) is 3.31. The predicted octanol–water partition coefficient (Wildman–Crippen LogP) is 3.37. The van der Waals surface area contributed by atoms with E-state index in [0.29, 0.717) is 0 Å². The molecule has 0 bridgehead atoms. The van der Waals surface area contributed by atoms with Gasteiger partial charge < -0.3 is 9.47 Å². The Labute approximate surface area is 119 Å². The number of nitrogens with zero attached hydrogens (tertiary/aromatic N) is 1. The molecule has 1 aromatic rings. The van der Waals surface area contributed by atoms with Gasteiger partial charge in [0.1, 0.15) is 17.0 Å². The zero-order valence-corrected chi connectivity index (χ0v) is 12.4. The summed E-state index contributed by atoms with van der Waals surface area (Å²) in [6, 6.07) is 3.81. The van der Waals surface area contributed by atoms with Crippen molar-refractivity contribution < 1.29 is 14.3 Å². The Hall–Kier alpha value is -1.80. The summed E-state index contributed by atoms with van der Waals surface area (Å²) in [6.07, 6.45) is 6.43. The summed E-state index contributed by atoms with van der Waals surface area (Å²) in [5.74, 6) is 1.61. The largest absolute Gasteiger partial charge is 0.496 e. The van der Waals surface area contributed by atoms with Crippen LogP contribution in [0.3, 0.4) is 0 Å². The molecular weight excluding hydrogens is 254 g/mol. The van der Waals surface area contributed by atoms with Crippen LogP contribution in [0.25, 0.3) is 0 Å². The monoisotopic (exact) mass is 275 g/mol. The summed E-state index contributed by atoms with van der Waals surface area (Å²) < 4.78 is 11.0. The van der Waals surface area contributed by atoms with Gasteiger partial charge in [-0.1, -0.05) is 19.8 Å². The zero-order valence-electron chi connectivity index (χ0n) is 12.4. The Balaban J connectivity index is 2.71. The van der Waals surface area contributed by atoms with Gasteiger partial charge in [-0.15, -0.1) is 0 Å². The summed E-state index contributed by atoms with van der Waals surface area (Å²) >= 11 is 0. The number of isocyanates is 1. The Kier molecular flexibility index (Phi) is 4.46. The van der Waals surface area contributed by atoms with Gasteiger partial charge in [-0.05, 0) is 31.4 Å². The highest BCUT2D eigenvalue weighted by Gasteiger charge is 2.40. The average Bonchev–Trinajstić information content (AvgIpc) is 2.95. The first kappa shape index (κ1) is 14.6. The molecular formula is C16H21NO3. The molecule has 1 aliphatic rings. The first-order valence-electron chi connectivity index (χ1n) is 7.05. The zero-order chi connectivity index (χ0) is 14.6. The van der Waals surface area contributed by atoms with E-state index < -0.39 is 5.54 Å². The number of aliphatic imine (C=N–C) groups is 1. The molecule has 1 fully saturated rings. The van der Waals surface area contributed by atoms with Crippen molar-refractivity contribution in [2.75, 3.05) is 14.2 Å². The van der Waals surface area contributed by atoms with Crippen molar-refractivity contribution in [3.8, 4) is 11.5 Å². The first-order chi connectivity index (χ1) is 9.72. The molecule has 0 aromatic heterocycles. The molecule has 108 valence electrons. The van der Waals surface area contributed by atoms with Gasteiger partial charge in [0.2, 0.25) is 6.08 Å². The van der Waals surface area contributed by atoms with E-state index in [1.54, 1.807) is 20.3 Å². The van der Waals surface area contributed by atoms with Crippen molar-refractivity contribution in [3.63, 3.8) is 0 Å². The summed E-state index contributed by atoms with van der Waals surface area (Å²) in [4.78, 5) is 15.1. The van der Waals surface area contributed by atoms with Gasteiger partial charge in [-0.25, -0.2) is 4.79 Å². The van der Waals surface area contributed by atoms with E-state index in [-0.39, 0.29) is 0 Å². The number of benzene rings is 1. The SMILES string of the molecule is CCc1c(OC)ccc(OC)c1C1(N=C=O)CCCC1. The smallest absolute Gasteiger partial charge is 0.235 e. The fraction of sp³-hybridized carbons (Fsp3) is 0.562. The van der Waals surface area contributed by atoms with Gasteiger partial charge in [0.05, 0.1) is 14.2 Å². The maximum absolute atomic E-state index is 10.9. The van der Waals surface area contributed by atoms with Crippen LogP contribution >= 0.6 is 0 Å². The van der Waals surface area contributed by atoms with Crippen molar-refractivity contribution in [2.45, 2.75) is 44.6 Å². The number of rotatable bonds is 5. The van der Waals surface area contributed by atoms with Crippen molar-refractivity contribution in [1.82, 2.24) is 0 Å². The van der Waals surface area contributed by atoms with Crippen LogP contribution in [-0.4, -0.2) is 20.3 Å². The molecule has 0 N–H and O–H groups in total. The molecule has 0 unspecified atom stereocenters. The number of methoxy groups -OCH3 is 2. The highest BCUT2D eigenvalue weighted by atomic mass is 16.5.